The Kier molecular flexibility index (Phi) is 8.38. The van der Waals surface area contributed by atoms with E-state index in [0.717, 1.165) is 43.4 Å². The van der Waals surface area contributed by atoms with Crippen molar-refractivity contribution in [2.45, 2.75) is 38.3 Å². The second-order valence-electron chi connectivity index (χ2n) is 10.0. The van der Waals surface area contributed by atoms with E-state index in [1.807, 2.05) is 24.3 Å². The van der Waals surface area contributed by atoms with Crippen molar-refractivity contribution in [3.05, 3.63) is 92.8 Å². The Morgan fingerprint density at radius 1 is 0.950 bits per heavy atom. The van der Waals surface area contributed by atoms with Crippen molar-refractivity contribution in [3.63, 3.8) is 0 Å². The average Bonchev–Trinajstić information content (AvgIpc) is 3.18. The zero-order valence-corrected chi connectivity index (χ0v) is 22.5. The van der Waals surface area contributed by atoms with Gasteiger partial charge in [0.2, 0.25) is 0 Å². The molecule has 0 saturated carbocycles. The molecule has 9 heteroatoms. The zero-order valence-electron chi connectivity index (χ0n) is 21.8. The van der Waals surface area contributed by atoms with Gasteiger partial charge in [0, 0.05) is 28.6 Å². The molecule has 4 aromatic rings. The highest BCUT2D eigenvalue weighted by molar-refractivity contribution is 6.33. The minimum atomic E-state index is -4.62. The third-order valence-electron chi connectivity index (χ3n) is 7.24. The molecule has 0 unspecified atom stereocenters. The maximum absolute atomic E-state index is 13.5. The molecule has 0 atom stereocenters. The van der Waals surface area contributed by atoms with Crippen LogP contribution in [0, 0.1) is 0 Å². The number of hydrogen-bond donors (Lipinski definition) is 1. The first-order valence-electron chi connectivity index (χ1n) is 13.3. The summed E-state index contributed by atoms with van der Waals surface area (Å²) < 4.78 is 52.0. The summed E-state index contributed by atoms with van der Waals surface area (Å²) in [6.45, 7) is 3.63. The van der Waals surface area contributed by atoms with Crippen molar-refractivity contribution < 1.29 is 27.4 Å². The van der Waals surface area contributed by atoms with E-state index in [0.29, 0.717) is 23.3 Å². The van der Waals surface area contributed by atoms with Crippen LogP contribution >= 0.6 is 11.6 Å². The first-order chi connectivity index (χ1) is 19.2. The second kappa shape index (κ2) is 11.9. The van der Waals surface area contributed by atoms with Crippen molar-refractivity contribution >= 4 is 22.6 Å². The Balaban J connectivity index is 1.46. The lowest BCUT2D eigenvalue weighted by atomic mass is 9.92. The number of nitrogens with zero attached hydrogens (tertiary/aromatic N) is 1. The monoisotopic (exact) mass is 571 g/mol. The molecule has 5 nitrogen and oxygen atoms in total. The quantitative estimate of drug-likeness (QED) is 0.230. The molecule has 3 aromatic carbocycles. The molecular weight excluding hydrogens is 543 g/mol. The predicted molar refractivity (Wildman–Crippen MR) is 149 cm³/mol. The number of phenols is 1. The summed E-state index contributed by atoms with van der Waals surface area (Å²) in [6, 6.07) is 14.6. The van der Waals surface area contributed by atoms with E-state index in [4.69, 9.17) is 20.8 Å². The summed E-state index contributed by atoms with van der Waals surface area (Å²) in [5.74, 6) is 0.607. The molecule has 0 spiro atoms. The normalized spacial score (nSPS) is 14.8. The molecule has 0 aliphatic carbocycles. The number of benzene rings is 3. The lowest BCUT2D eigenvalue weighted by Gasteiger charge is -2.19. The van der Waals surface area contributed by atoms with Gasteiger partial charge in [-0.25, -0.2) is 4.79 Å². The van der Waals surface area contributed by atoms with Crippen LogP contribution in [0.15, 0.2) is 69.9 Å². The molecule has 1 saturated heterocycles. The number of fused-ring (bicyclic) bond motifs is 1. The topological polar surface area (TPSA) is 62.9 Å². The van der Waals surface area contributed by atoms with Gasteiger partial charge in [0.1, 0.15) is 23.7 Å². The summed E-state index contributed by atoms with van der Waals surface area (Å²) in [4.78, 5) is 15.6. The smallest absolute Gasteiger partial charge is 0.416 e. The Hall–Kier alpha value is -3.49. The van der Waals surface area contributed by atoms with Crippen molar-refractivity contribution in [1.82, 2.24) is 4.90 Å². The molecule has 210 valence electrons. The van der Waals surface area contributed by atoms with Crippen LogP contribution in [0.4, 0.5) is 13.2 Å². The molecule has 2 heterocycles. The number of rotatable bonds is 7. The van der Waals surface area contributed by atoms with Crippen LogP contribution in [-0.2, 0) is 12.6 Å². The van der Waals surface area contributed by atoms with Gasteiger partial charge >= 0.3 is 11.8 Å². The van der Waals surface area contributed by atoms with Crippen molar-refractivity contribution in [2.24, 2.45) is 0 Å². The third-order valence-corrected chi connectivity index (χ3v) is 7.57. The minimum absolute atomic E-state index is 0.00663. The SMILES string of the molecule is O=c1oc2cc(O)ccc2c(Cc2ccc(OCCN3CCCCCC3)cc2)c1-c1cc(C(F)(F)F)ccc1Cl. The molecule has 1 fully saturated rings. The van der Waals surface area contributed by atoms with E-state index in [2.05, 4.69) is 4.90 Å². The van der Waals surface area contributed by atoms with E-state index in [9.17, 15) is 23.1 Å². The number of ether oxygens (including phenoxy) is 1. The average molecular weight is 572 g/mol. The highest BCUT2D eigenvalue weighted by Gasteiger charge is 2.32. The van der Waals surface area contributed by atoms with Gasteiger partial charge in [-0.05, 0) is 85.9 Å². The lowest BCUT2D eigenvalue weighted by Crippen LogP contribution is -2.29. The molecule has 40 heavy (non-hydrogen) atoms. The highest BCUT2D eigenvalue weighted by Crippen LogP contribution is 2.38. The number of likely N-dealkylation sites (tertiary alicyclic amines) is 1. The zero-order chi connectivity index (χ0) is 28.3. The number of hydrogen-bond acceptors (Lipinski definition) is 5. The van der Waals surface area contributed by atoms with Crippen LogP contribution in [-0.4, -0.2) is 36.2 Å². The van der Waals surface area contributed by atoms with E-state index in [1.165, 1.54) is 37.8 Å². The van der Waals surface area contributed by atoms with Crippen LogP contribution in [0.25, 0.3) is 22.1 Å². The largest absolute Gasteiger partial charge is 0.508 e. The maximum atomic E-state index is 13.5. The fourth-order valence-electron chi connectivity index (χ4n) is 5.16. The van der Waals surface area contributed by atoms with Gasteiger partial charge in [0.05, 0.1) is 11.1 Å². The third kappa shape index (κ3) is 6.45. The predicted octanol–water partition coefficient (Wildman–Crippen LogP) is 7.68. The molecular formula is C31H29ClF3NO4. The Morgan fingerprint density at radius 3 is 2.38 bits per heavy atom. The molecule has 5 rings (SSSR count). The molecule has 1 aromatic heterocycles. The van der Waals surface area contributed by atoms with Crippen molar-refractivity contribution in [3.8, 4) is 22.6 Å². The molecule has 0 amide bonds. The van der Waals surface area contributed by atoms with E-state index in [1.54, 1.807) is 6.07 Å². The molecule has 1 N–H and O–H groups in total. The van der Waals surface area contributed by atoms with Crippen molar-refractivity contribution in [1.29, 1.82) is 0 Å². The molecule has 1 aliphatic rings. The molecule has 0 bridgehead atoms. The highest BCUT2D eigenvalue weighted by atomic mass is 35.5. The second-order valence-corrected chi connectivity index (χ2v) is 10.4. The summed E-state index contributed by atoms with van der Waals surface area (Å²) >= 11 is 6.33. The summed E-state index contributed by atoms with van der Waals surface area (Å²) in [5, 5.41) is 10.4. The van der Waals surface area contributed by atoms with E-state index in [-0.39, 0.29) is 33.9 Å². The summed E-state index contributed by atoms with van der Waals surface area (Å²) in [7, 11) is 0. The van der Waals surface area contributed by atoms with Crippen LogP contribution < -0.4 is 10.4 Å². The van der Waals surface area contributed by atoms with Crippen LogP contribution in [0.5, 0.6) is 11.5 Å². The van der Waals surface area contributed by atoms with Gasteiger partial charge in [0.25, 0.3) is 0 Å². The van der Waals surface area contributed by atoms with Gasteiger partial charge in [0.15, 0.2) is 0 Å². The molecule has 1 aliphatic heterocycles. The van der Waals surface area contributed by atoms with Crippen LogP contribution in [0.3, 0.4) is 0 Å². The lowest BCUT2D eigenvalue weighted by molar-refractivity contribution is -0.137. The Bertz CT molecular complexity index is 1540. The summed E-state index contributed by atoms with van der Waals surface area (Å²) in [5.41, 5.74) is -0.505. The number of alkyl halides is 3. The fraction of sp³-hybridized carbons (Fsp3) is 0.323. The fourth-order valence-corrected chi connectivity index (χ4v) is 5.37. The maximum Gasteiger partial charge on any atom is 0.416 e. The van der Waals surface area contributed by atoms with E-state index >= 15 is 0 Å². The van der Waals surface area contributed by atoms with Gasteiger partial charge in [-0.3, -0.25) is 4.90 Å². The number of halogens is 4. The number of aromatic hydroxyl groups is 1. The van der Waals surface area contributed by atoms with Gasteiger partial charge < -0.3 is 14.3 Å². The van der Waals surface area contributed by atoms with E-state index < -0.39 is 17.4 Å². The van der Waals surface area contributed by atoms with Crippen molar-refractivity contribution in [2.75, 3.05) is 26.2 Å². The van der Waals surface area contributed by atoms with Gasteiger partial charge in [-0.15, -0.1) is 0 Å². The van der Waals surface area contributed by atoms with Gasteiger partial charge in [-0.1, -0.05) is 36.6 Å². The standard InChI is InChI=1S/C31H29ClF3NO4/c32-27-12-7-21(31(33,34)35)18-26(27)29-25(24-11-8-22(37)19-28(24)40-30(29)38)17-20-5-9-23(10-6-20)39-16-15-36-13-3-1-2-4-14-36/h5-12,18-19,37H,1-4,13-17H2. The van der Waals surface area contributed by atoms with Gasteiger partial charge in [-0.2, -0.15) is 13.2 Å². The Morgan fingerprint density at radius 2 is 1.68 bits per heavy atom. The summed E-state index contributed by atoms with van der Waals surface area (Å²) in [6.07, 6.45) is 0.581. The Labute approximate surface area is 234 Å². The number of phenolic OH excluding ortho intramolecular Hbond substituents is 1. The molecule has 0 radical (unpaired) electrons. The first kappa shape index (κ1) is 28.1. The van der Waals surface area contributed by atoms with Crippen LogP contribution in [0.2, 0.25) is 5.02 Å². The first-order valence-corrected chi connectivity index (χ1v) is 13.7. The van der Waals surface area contributed by atoms with Crippen LogP contribution in [0.1, 0.15) is 42.4 Å². The minimum Gasteiger partial charge on any atom is -0.508 e.